The minimum atomic E-state index is 0.958. The summed E-state index contributed by atoms with van der Waals surface area (Å²) in [4.78, 5) is 0. The molecule has 1 saturated carbocycles. The summed E-state index contributed by atoms with van der Waals surface area (Å²) < 4.78 is 0. The minimum absolute atomic E-state index is 0.958. The smallest absolute Gasteiger partial charge is 0.0386 e. The molecular formula is C13H26. The van der Waals surface area contributed by atoms with Crippen molar-refractivity contribution in [1.29, 1.82) is 0 Å². The van der Waals surface area contributed by atoms with E-state index in [4.69, 9.17) is 0 Å². The Hall–Kier alpha value is 0. The fraction of sp³-hybridized carbons (Fsp3) is 1.00. The second kappa shape index (κ2) is 5.67. The van der Waals surface area contributed by atoms with Crippen LogP contribution in [0.2, 0.25) is 0 Å². The Bertz CT molecular complexity index is 126. The van der Waals surface area contributed by atoms with Crippen molar-refractivity contribution in [1.82, 2.24) is 0 Å². The molecule has 78 valence electrons. The topological polar surface area (TPSA) is 0 Å². The Morgan fingerprint density at radius 3 is 2.31 bits per heavy atom. The van der Waals surface area contributed by atoms with E-state index in [9.17, 15) is 0 Å². The van der Waals surface area contributed by atoms with Gasteiger partial charge < -0.3 is 0 Å². The lowest BCUT2D eigenvalue weighted by atomic mass is 9.70. The number of rotatable bonds is 6. The van der Waals surface area contributed by atoms with E-state index in [0.717, 1.165) is 17.8 Å². The highest BCUT2D eigenvalue weighted by Crippen LogP contribution is 2.40. The molecule has 0 amide bonds. The van der Waals surface area contributed by atoms with Crippen LogP contribution in [0.15, 0.2) is 0 Å². The molecule has 0 nitrogen and oxygen atoms in total. The van der Waals surface area contributed by atoms with Gasteiger partial charge in [-0.05, 0) is 30.6 Å². The predicted octanol–water partition coefficient (Wildman–Crippen LogP) is 4.64. The molecule has 0 bridgehead atoms. The molecule has 0 N–H and O–H groups in total. The summed E-state index contributed by atoms with van der Waals surface area (Å²) in [6.45, 7) is 7.05. The molecule has 0 saturated heterocycles. The molecule has 1 aliphatic carbocycles. The van der Waals surface area contributed by atoms with Crippen molar-refractivity contribution in [3.05, 3.63) is 0 Å². The normalized spacial score (nSPS) is 29.8. The van der Waals surface area contributed by atoms with Crippen molar-refractivity contribution in [2.75, 3.05) is 0 Å². The third-order valence-corrected chi connectivity index (χ3v) is 4.07. The van der Waals surface area contributed by atoms with Crippen LogP contribution in [-0.2, 0) is 0 Å². The van der Waals surface area contributed by atoms with Crippen molar-refractivity contribution in [2.45, 2.75) is 65.7 Å². The van der Waals surface area contributed by atoms with Gasteiger partial charge in [-0.25, -0.2) is 0 Å². The predicted molar refractivity (Wildman–Crippen MR) is 59.8 cm³/mol. The molecule has 0 radical (unpaired) electrons. The first-order valence-corrected chi connectivity index (χ1v) is 6.27. The molecule has 0 aromatic heterocycles. The Kier molecular flexibility index (Phi) is 4.83. The monoisotopic (exact) mass is 182 g/mol. The fourth-order valence-electron chi connectivity index (χ4n) is 2.49. The zero-order chi connectivity index (χ0) is 9.68. The average Bonchev–Trinajstić information content (AvgIpc) is 2.11. The lowest BCUT2D eigenvalue weighted by molar-refractivity contribution is 0.153. The zero-order valence-corrected chi connectivity index (χ0v) is 9.68. The van der Waals surface area contributed by atoms with Gasteiger partial charge in [0, 0.05) is 0 Å². The van der Waals surface area contributed by atoms with Crippen LogP contribution in [0.4, 0.5) is 0 Å². The summed E-state index contributed by atoms with van der Waals surface area (Å²) in [6.07, 6.45) is 10.3. The van der Waals surface area contributed by atoms with Gasteiger partial charge in [-0.15, -0.1) is 0 Å². The summed E-state index contributed by atoms with van der Waals surface area (Å²) in [6, 6.07) is 0. The van der Waals surface area contributed by atoms with Gasteiger partial charge in [0.05, 0.1) is 0 Å². The van der Waals surface area contributed by atoms with E-state index in [1.807, 2.05) is 0 Å². The first-order chi connectivity index (χ1) is 6.27. The minimum Gasteiger partial charge on any atom is -0.0651 e. The maximum atomic E-state index is 2.39. The molecule has 0 heterocycles. The van der Waals surface area contributed by atoms with E-state index in [2.05, 4.69) is 20.8 Å². The molecule has 3 atom stereocenters. The fourth-order valence-corrected chi connectivity index (χ4v) is 2.49. The highest BCUT2D eigenvalue weighted by molar-refractivity contribution is 4.79. The standard InChI is InChI=1S/C13H26/c1-4-11(3)7-6-8-13-10-9-12(13)5-2/h11-13H,4-10H2,1-3H3. The maximum absolute atomic E-state index is 2.39. The Morgan fingerprint density at radius 1 is 1.15 bits per heavy atom. The molecule has 0 spiro atoms. The summed E-state index contributed by atoms with van der Waals surface area (Å²) in [7, 11) is 0. The van der Waals surface area contributed by atoms with Gasteiger partial charge in [-0.1, -0.05) is 52.9 Å². The second-order valence-corrected chi connectivity index (χ2v) is 4.95. The van der Waals surface area contributed by atoms with Crippen molar-refractivity contribution < 1.29 is 0 Å². The number of hydrogen-bond donors (Lipinski definition) is 0. The molecular weight excluding hydrogens is 156 g/mol. The van der Waals surface area contributed by atoms with Crippen LogP contribution in [0.1, 0.15) is 65.7 Å². The molecule has 0 aromatic rings. The maximum Gasteiger partial charge on any atom is -0.0386 e. The van der Waals surface area contributed by atoms with Gasteiger partial charge in [-0.3, -0.25) is 0 Å². The van der Waals surface area contributed by atoms with Gasteiger partial charge in [0.15, 0.2) is 0 Å². The van der Waals surface area contributed by atoms with Gasteiger partial charge in [0.25, 0.3) is 0 Å². The molecule has 3 unspecified atom stereocenters. The number of hydrogen-bond acceptors (Lipinski definition) is 0. The molecule has 13 heavy (non-hydrogen) atoms. The first-order valence-electron chi connectivity index (χ1n) is 6.27. The third kappa shape index (κ3) is 3.32. The molecule has 1 rings (SSSR count). The van der Waals surface area contributed by atoms with E-state index < -0.39 is 0 Å². The van der Waals surface area contributed by atoms with E-state index in [0.29, 0.717) is 0 Å². The lowest BCUT2D eigenvalue weighted by Gasteiger charge is -2.36. The van der Waals surface area contributed by atoms with Crippen LogP contribution in [0.25, 0.3) is 0 Å². The van der Waals surface area contributed by atoms with Crippen LogP contribution in [0.5, 0.6) is 0 Å². The van der Waals surface area contributed by atoms with Crippen molar-refractivity contribution >= 4 is 0 Å². The summed E-state index contributed by atoms with van der Waals surface area (Å²) in [5.41, 5.74) is 0. The van der Waals surface area contributed by atoms with Crippen molar-refractivity contribution in [3.63, 3.8) is 0 Å². The first kappa shape index (κ1) is 11.1. The molecule has 0 aromatic carbocycles. The molecule has 0 aliphatic heterocycles. The Labute approximate surface area is 84.1 Å². The van der Waals surface area contributed by atoms with Crippen molar-refractivity contribution in [3.8, 4) is 0 Å². The summed E-state index contributed by atoms with van der Waals surface area (Å²) in [5, 5.41) is 0. The van der Waals surface area contributed by atoms with Crippen LogP contribution in [0, 0.1) is 17.8 Å². The zero-order valence-electron chi connectivity index (χ0n) is 9.68. The van der Waals surface area contributed by atoms with Crippen LogP contribution >= 0.6 is 0 Å². The largest absolute Gasteiger partial charge is 0.0651 e. The molecule has 1 aliphatic rings. The van der Waals surface area contributed by atoms with Gasteiger partial charge in [-0.2, -0.15) is 0 Å². The lowest BCUT2D eigenvalue weighted by Crippen LogP contribution is -2.25. The molecule has 1 fully saturated rings. The van der Waals surface area contributed by atoms with E-state index in [-0.39, 0.29) is 0 Å². The van der Waals surface area contributed by atoms with Crippen molar-refractivity contribution in [2.24, 2.45) is 17.8 Å². The SMILES string of the molecule is CCC(C)CCCC1CCC1CC. The summed E-state index contributed by atoms with van der Waals surface area (Å²) in [5.74, 6) is 3.16. The van der Waals surface area contributed by atoms with Gasteiger partial charge in [0.1, 0.15) is 0 Å². The van der Waals surface area contributed by atoms with Crippen LogP contribution < -0.4 is 0 Å². The summed E-state index contributed by atoms with van der Waals surface area (Å²) >= 11 is 0. The van der Waals surface area contributed by atoms with Gasteiger partial charge in [0.2, 0.25) is 0 Å². The highest BCUT2D eigenvalue weighted by atomic mass is 14.3. The quantitative estimate of drug-likeness (QED) is 0.561. The van der Waals surface area contributed by atoms with E-state index >= 15 is 0 Å². The third-order valence-electron chi connectivity index (χ3n) is 4.07. The van der Waals surface area contributed by atoms with E-state index in [1.54, 1.807) is 0 Å². The van der Waals surface area contributed by atoms with Gasteiger partial charge >= 0.3 is 0 Å². The average molecular weight is 182 g/mol. The molecule has 0 heteroatoms. The van der Waals surface area contributed by atoms with Crippen LogP contribution in [-0.4, -0.2) is 0 Å². The van der Waals surface area contributed by atoms with Crippen LogP contribution in [0.3, 0.4) is 0 Å². The highest BCUT2D eigenvalue weighted by Gasteiger charge is 2.28. The second-order valence-electron chi connectivity index (χ2n) is 4.95. The van der Waals surface area contributed by atoms with E-state index in [1.165, 1.54) is 44.9 Å². The Balaban J connectivity index is 1.99. The Morgan fingerprint density at radius 2 is 1.85 bits per heavy atom.